The molecule has 2 atom stereocenters. The lowest BCUT2D eigenvalue weighted by atomic mass is 10.0. The Hall–Kier alpha value is -1.36. The Morgan fingerprint density at radius 3 is 2.62 bits per heavy atom. The summed E-state index contributed by atoms with van der Waals surface area (Å²) in [7, 11) is 0. The third-order valence-corrected chi connectivity index (χ3v) is 4.30. The number of halogens is 1. The highest BCUT2D eigenvalue weighted by atomic mass is 35.5. The van der Waals surface area contributed by atoms with Crippen LogP contribution in [0, 0.1) is 0 Å². The Morgan fingerprint density at radius 2 is 2.00 bits per heavy atom. The Balaban J connectivity index is 1.80. The monoisotopic (exact) mass is 323 g/mol. The third kappa shape index (κ3) is 4.84. The number of hydrogen-bond acceptors (Lipinski definition) is 3. The van der Waals surface area contributed by atoms with Gasteiger partial charge in [-0.1, -0.05) is 30.7 Å². The van der Waals surface area contributed by atoms with Crippen LogP contribution in [0.15, 0.2) is 41.1 Å². The van der Waals surface area contributed by atoms with Gasteiger partial charge in [0.05, 0.1) is 12.5 Å². The fourth-order valence-corrected chi connectivity index (χ4v) is 2.90. The highest BCUT2D eigenvalue weighted by Gasteiger charge is 2.14. The fraction of sp³-hybridized carbons (Fsp3) is 0.312. The summed E-state index contributed by atoms with van der Waals surface area (Å²) in [5.74, 6) is 0.118. The molecule has 3 nitrogen and oxygen atoms in total. The van der Waals surface area contributed by atoms with Gasteiger partial charge in [0.2, 0.25) is 5.91 Å². The zero-order chi connectivity index (χ0) is 15.2. The largest absolute Gasteiger partial charge is 0.388 e. The standard InChI is InChI=1S/C16H18ClNO2S/c1-11(13-6-7-21-10-13)9-18-16(20)8-15(19)12-2-4-14(17)5-3-12/h2-7,10-11,15,19H,8-9H2,1H3,(H,18,20). The molecule has 0 saturated heterocycles. The highest BCUT2D eigenvalue weighted by Crippen LogP contribution is 2.20. The first kappa shape index (κ1) is 16.0. The molecule has 2 aromatic rings. The van der Waals surface area contributed by atoms with Gasteiger partial charge in [0, 0.05) is 11.6 Å². The molecule has 0 aliphatic heterocycles. The van der Waals surface area contributed by atoms with Crippen LogP contribution in [0.5, 0.6) is 0 Å². The van der Waals surface area contributed by atoms with Crippen molar-refractivity contribution < 1.29 is 9.90 Å². The van der Waals surface area contributed by atoms with Gasteiger partial charge in [-0.15, -0.1) is 0 Å². The summed E-state index contributed by atoms with van der Waals surface area (Å²) in [6.07, 6.45) is -0.753. The predicted octanol–water partition coefficient (Wildman–Crippen LogP) is 3.74. The Labute approximate surface area is 133 Å². The average molecular weight is 324 g/mol. The van der Waals surface area contributed by atoms with E-state index in [0.29, 0.717) is 17.1 Å². The topological polar surface area (TPSA) is 49.3 Å². The van der Waals surface area contributed by atoms with Crippen LogP contribution >= 0.6 is 22.9 Å². The predicted molar refractivity (Wildman–Crippen MR) is 86.8 cm³/mol. The molecule has 1 heterocycles. The number of carbonyl (C=O) groups is 1. The van der Waals surface area contributed by atoms with Crippen molar-refractivity contribution >= 4 is 28.8 Å². The van der Waals surface area contributed by atoms with Gasteiger partial charge >= 0.3 is 0 Å². The molecule has 2 unspecified atom stereocenters. The molecule has 112 valence electrons. The van der Waals surface area contributed by atoms with Crippen molar-refractivity contribution in [3.63, 3.8) is 0 Å². The number of nitrogens with one attached hydrogen (secondary N) is 1. The summed E-state index contributed by atoms with van der Waals surface area (Å²) in [4.78, 5) is 11.9. The van der Waals surface area contributed by atoms with Gasteiger partial charge in [0.25, 0.3) is 0 Å². The number of aliphatic hydroxyl groups is 1. The maximum absolute atomic E-state index is 11.9. The van der Waals surface area contributed by atoms with E-state index in [9.17, 15) is 9.90 Å². The minimum atomic E-state index is -0.807. The maximum Gasteiger partial charge on any atom is 0.222 e. The smallest absolute Gasteiger partial charge is 0.222 e. The summed E-state index contributed by atoms with van der Waals surface area (Å²) in [5, 5.41) is 17.6. The van der Waals surface area contributed by atoms with E-state index < -0.39 is 6.10 Å². The van der Waals surface area contributed by atoms with E-state index in [1.807, 2.05) is 5.38 Å². The molecular weight excluding hydrogens is 306 g/mol. The Kier molecular flexibility index (Phi) is 5.79. The fourth-order valence-electron chi connectivity index (χ4n) is 1.99. The molecule has 0 spiro atoms. The number of aliphatic hydroxyl groups excluding tert-OH is 1. The molecule has 0 fully saturated rings. The molecule has 0 aliphatic carbocycles. The SMILES string of the molecule is CC(CNC(=O)CC(O)c1ccc(Cl)cc1)c1ccsc1. The second kappa shape index (κ2) is 7.59. The summed E-state index contributed by atoms with van der Waals surface area (Å²) >= 11 is 7.44. The number of benzene rings is 1. The molecule has 0 aliphatic rings. The second-order valence-electron chi connectivity index (χ2n) is 5.03. The van der Waals surface area contributed by atoms with Crippen LogP contribution in [0.4, 0.5) is 0 Å². The summed E-state index contributed by atoms with van der Waals surface area (Å²) in [5.41, 5.74) is 1.92. The number of hydrogen-bond donors (Lipinski definition) is 2. The normalized spacial score (nSPS) is 13.7. The lowest BCUT2D eigenvalue weighted by Crippen LogP contribution is -2.28. The highest BCUT2D eigenvalue weighted by molar-refractivity contribution is 7.07. The lowest BCUT2D eigenvalue weighted by molar-refractivity contribution is -0.123. The first-order valence-corrected chi connectivity index (χ1v) is 8.10. The van der Waals surface area contributed by atoms with E-state index in [2.05, 4.69) is 23.7 Å². The summed E-state index contributed by atoms with van der Waals surface area (Å²) < 4.78 is 0. The van der Waals surface area contributed by atoms with E-state index in [-0.39, 0.29) is 18.2 Å². The Bertz CT molecular complexity index is 568. The average Bonchev–Trinajstić information content (AvgIpc) is 2.99. The lowest BCUT2D eigenvalue weighted by Gasteiger charge is -2.14. The van der Waals surface area contributed by atoms with Crippen molar-refractivity contribution in [3.8, 4) is 0 Å². The van der Waals surface area contributed by atoms with Crippen LogP contribution < -0.4 is 5.32 Å². The summed E-state index contributed by atoms with van der Waals surface area (Å²) in [6, 6.07) is 8.93. The molecule has 5 heteroatoms. The molecule has 0 radical (unpaired) electrons. The minimum absolute atomic E-state index is 0.0536. The first-order chi connectivity index (χ1) is 10.1. The molecule has 0 bridgehead atoms. The van der Waals surface area contributed by atoms with E-state index >= 15 is 0 Å². The van der Waals surface area contributed by atoms with Gasteiger partial charge in [0.15, 0.2) is 0 Å². The van der Waals surface area contributed by atoms with Crippen molar-refractivity contribution in [2.24, 2.45) is 0 Å². The third-order valence-electron chi connectivity index (χ3n) is 3.35. The van der Waals surface area contributed by atoms with E-state index in [1.54, 1.807) is 35.6 Å². The van der Waals surface area contributed by atoms with Crippen LogP contribution in [0.25, 0.3) is 0 Å². The van der Waals surface area contributed by atoms with Crippen molar-refractivity contribution in [2.45, 2.75) is 25.4 Å². The van der Waals surface area contributed by atoms with Crippen LogP contribution in [-0.2, 0) is 4.79 Å². The van der Waals surface area contributed by atoms with E-state index in [0.717, 1.165) is 0 Å². The zero-order valence-electron chi connectivity index (χ0n) is 11.8. The van der Waals surface area contributed by atoms with Gasteiger partial charge in [-0.3, -0.25) is 4.79 Å². The number of thiophene rings is 1. The minimum Gasteiger partial charge on any atom is -0.388 e. The quantitative estimate of drug-likeness (QED) is 0.850. The number of carbonyl (C=O) groups excluding carboxylic acids is 1. The van der Waals surface area contributed by atoms with Crippen molar-refractivity contribution in [1.82, 2.24) is 5.32 Å². The molecule has 0 saturated carbocycles. The molecule has 1 amide bonds. The molecule has 2 N–H and O–H groups in total. The van der Waals surface area contributed by atoms with Gasteiger partial charge in [-0.2, -0.15) is 11.3 Å². The van der Waals surface area contributed by atoms with E-state index in [4.69, 9.17) is 11.6 Å². The van der Waals surface area contributed by atoms with Crippen LogP contribution in [0.3, 0.4) is 0 Å². The molecule has 1 aromatic heterocycles. The number of rotatable bonds is 6. The van der Waals surface area contributed by atoms with Gasteiger partial charge in [-0.25, -0.2) is 0 Å². The van der Waals surface area contributed by atoms with Crippen molar-refractivity contribution in [1.29, 1.82) is 0 Å². The second-order valence-corrected chi connectivity index (χ2v) is 6.25. The summed E-state index contributed by atoms with van der Waals surface area (Å²) in [6.45, 7) is 2.64. The van der Waals surface area contributed by atoms with Gasteiger partial charge in [0.1, 0.15) is 0 Å². The Morgan fingerprint density at radius 1 is 1.29 bits per heavy atom. The molecular formula is C16H18ClNO2S. The molecule has 21 heavy (non-hydrogen) atoms. The van der Waals surface area contributed by atoms with Crippen LogP contribution in [-0.4, -0.2) is 17.6 Å². The molecule has 2 rings (SSSR count). The van der Waals surface area contributed by atoms with E-state index in [1.165, 1.54) is 5.56 Å². The first-order valence-electron chi connectivity index (χ1n) is 6.78. The van der Waals surface area contributed by atoms with Gasteiger partial charge < -0.3 is 10.4 Å². The van der Waals surface area contributed by atoms with Crippen LogP contribution in [0.1, 0.15) is 36.5 Å². The molecule has 1 aromatic carbocycles. The maximum atomic E-state index is 11.9. The van der Waals surface area contributed by atoms with Crippen molar-refractivity contribution in [2.75, 3.05) is 6.54 Å². The number of amides is 1. The van der Waals surface area contributed by atoms with Crippen LogP contribution in [0.2, 0.25) is 5.02 Å². The van der Waals surface area contributed by atoms with Gasteiger partial charge in [-0.05, 0) is 46.0 Å². The van der Waals surface area contributed by atoms with Crippen molar-refractivity contribution in [3.05, 3.63) is 57.2 Å². The zero-order valence-corrected chi connectivity index (χ0v) is 13.3.